The van der Waals surface area contributed by atoms with Crippen LogP contribution < -0.4 is 4.74 Å². The Hall–Kier alpha value is -1.64. The maximum absolute atomic E-state index is 15.0. The Kier molecular flexibility index (Phi) is 11.8. The molecule has 4 rings (SSSR count). The fourth-order valence-corrected chi connectivity index (χ4v) is 7.14. The van der Waals surface area contributed by atoms with Crippen LogP contribution in [0.3, 0.4) is 0 Å². The zero-order valence-corrected chi connectivity index (χ0v) is 24.1. The normalized spacial score (nSPS) is 30.1. The van der Waals surface area contributed by atoms with Gasteiger partial charge in [0, 0.05) is 0 Å². The summed E-state index contributed by atoms with van der Waals surface area (Å²) < 4.78 is 35.8. The Morgan fingerprint density at radius 1 is 0.737 bits per heavy atom. The van der Waals surface area contributed by atoms with E-state index in [9.17, 15) is 4.39 Å². The number of unbranched alkanes of at least 4 members (excludes halogenated alkanes) is 2. The number of allylic oxidation sites excluding steroid dienone is 4. The molecule has 0 N–H and O–H groups in total. The van der Waals surface area contributed by atoms with Gasteiger partial charge < -0.3 is 4.74 Å². The van der Waals surface area contributed by atoms with Crippen molar-refractivity contribution in [2.24, 2.45) is 29.6 Å². The number of hydrogen-bond acceptors (Lipinski definition) is 1. The van der Waals surface area contributed by atoms with Crippen LogP contribution in [-0.2, 0) is 0 Å². The topological polar surface area (TPSA) is 9.23 Å². The molecule has 0 saturated heterocycles. The van der Waals surface area contributed by atoms with E-state index in [1.807, 2.05) is 0 Å². The zero-order valence-electron chi connectivity index (χ0n) is 24.1. The van der Waals surface area contributed by atoms with Gasteiger partial charge in [-0.15, -0.1) is 0 Å². The third-order valence-corrected chi connectivity index (χ3v) is 9.74. The van der Waals surface area contributed by atoms with Gasteiger partial charge in [-0.25, -0.2) is 4.39 Å². The number of hydrogen-bond donors (Lipinski definition) is 0. The van der Waals surface area contributed by atoms with Crippen LogP contribution in [0.2, 0.25) is 0 Å². The summed E-state index contributed by atoms with van der Waals surface area (Å²) in [5, 5.41) is 0. The molecule has 3 aliphatic carbocycles. The lowest BCUT2D eigenvalue weighted by atomic mass is 9.77. The minimum Gasteiger partial charge on any atom is -0.490 e. The molecule has 0 heterocycles. The molecule has 3 aliphatic rings. The molecule has 2 fully saturated rings. The van der Waals surface area contributed by atoms with Gasteiger partial charge in [0.2, 0.25) is 5.82 Å². The van der Waals surface area contributed by atoms with E-state index in [1.54, 1.807) is 12.1 Å². The second-order valence-corrected chi connectivity index (χ2v) is 12.6. The van der Waals surface area contributed by atoms with Crippen LogP contribution in [0.15, 0.2) is 36.4 Å². The van der Waals surface area contributed by atoms with E-state index in [2.05, 4.69) is 38.2 Å². The summed E-state index contributed by atoms with van der Waals surface area (Å²) in [4.78, 5) is 0. The molecular weight excluding hydrogens is 474 g/mol. The second kappa shape index (κ2) is 15.2. The van der Waals surface area contributed by atoms with Crippen LogP contribution in [-0.4, -0.2) is 6.61 Å². The molecule has 2 unspecified atom stereocenters. The van der Waals surface area contributed by atoms with Gasteiger partial charge in [-0.2, -0.15) is 4.39 Å². The Labute approximate surface area is 231 Å². The Morgan fingerprint density at radius 2 is 1.50 bits per heavy atom. The van der Waals surface area contributed by atoms with Gasteiger partial charge in [0.05, 0.1) is 6.61 Å². The Morgan fingerprint density at radius 3 is 2.18 bits per heavy atom. The van der Waals surface area contributed by atoms with Gasteiger partial charge in [-0.3, -0.25) is 0 Å². The first-order valence-corrected chi connectivity index (χ1v) is 16.0. The third-order valence-electron chi connectivity index (χ3n) is 9.74. The fraction of sp³-hybridized carbons (Fsp3) is 0.714. The van der Waals surface area contributed by atoms with Gasteiger partial charge in [0.25, 0.3) is 0 Å². The molecule has 3 heteroatoms. The van der Waals surface area contributed by atoms with E-state index in [0.717, 1.165) is 63.2 Å². The maximum atomic E-state index is 15.0. The molecule has 0 spiro atoms. The highest BCUT2D eigenvalue weighted by Gasteiger charge is 2.27. The molecule has 2 saturated carbocycles. The van der Waals surface area contributed by atoms with Crippen LogP contribution in [0.1, 0.15) is 128 Å². The van der Waals surface area contributed by atoms with Gasteiger partial charge in [0.1, 0.15) is 0 Å². The predicted molar refractivity (Wildman–Crippen MR) is 156 cm³/mol. The summed E-state index contributed by atoms with van der Waals surface area (Å²) in [6.45, 7) is 5.00. The smallest absolute Gasteiger partial charge is 0.200 e. The first kappa shape index (κ1) is 29.3. The Bertz CT molecular complexity index is 889. The summed E-state index contributed by atoms with van der Waals surface area (Å²) in [5.41, 5.74) is 0.558. The standard InChI is InChI=1S/C35H52F2O/c1-3-5-6-8-27-19-21-31(22-20-27)32-23-24-33(35(37)34(32)36)38-25-30-17-15-29(16-18-30)14-13-28-11-9-26(7-4-2)10-12-28/h9,11,13-14,23-24,26-31H,3-8,10,12,15-22,25H2,1-2H3/b14-13+. The van der Waals surface area contributed by atoms with Gasteiger partial charge in [0.15, 0.2) is 11.6 Å². The van der Waals surface area contributed by atoms with E-state index in [-0.39, 0.29) is 11.7 Å². The number of benzene rings is 1. The highest BCUT2D eigenvalue weighted by molar-refractivity contribution is 5.33. The minimum absolute atomic E-state index is 0.0898. The summed E-state index contributed by atoms with van der Waals surface area (Å²) in [5.74, 6) is 1.99. The number of ether oxygens (including phenoxy) is 1. The van der Waals surface area contributed by atoms with E-state index in [4.69, 9.17) is 4.74 Å². The lowest BCUT2D eigenvalue weighted by Crippen LogP contribution is -2.20. The molecule has 0 bridgehead atoms. The van der Waals surface area contributed by atoms with Crippen molar-refractivity contribution in [1.82, 2.24) is 0 Å². The number of halogens is 2. The summed E-state index contributed by atoms with van der Waals surface area (Å²) in [6, 6.07) is 3.47. The van der Waals surface area contributed by atoms with Crippen LogP contribution in [0.25, 0.3) is 0 Å². The molecule has 0 aliphatic heterocycles. The number of rotatable bonds is 12. The quantitative estimate of drug-likeness (QED) is 0.194. The molecule has 0 aromatic heterocycles. The van der Waals surface area contributed by atoms with Crippen LogP contribution in [0, 0.1) is 41.2 Å². The minimum atomic E-state index is -0.786. The molecule has 1 aromatic rings. The fourth-order valence-electron chi connectivity index (χ4n) is 7.14. The van der Waals surface area contributed by atoms with Crippen molar-refractivity contribution in [3.8, 4) is 5.75 Å². The van der Waals surface area contributed by atoms with Crippen LogP contribution in [0.4, 0.5) is 8.78 Å². The molecule has 0 radical (unpaired) electrons. The van der Waals surface area contributed by atoms with Gasteiger partial charge >= 0.3 is 0 Å². The van der Waals surface area contributed by atoms with Crippen LogP contribution >= 0.6 is 0 Å². The molecule has 212 valence electrons. The van der Waals surface area contributed by atoms with Crippen molar-refractivity contribution >= 4 is 0 Å². The van der Waals surface area contributed by atoms with Crippen molar-refractivity contribution in [1.29, 1.82) is 0 Å². The van der Waals surface area contributed by atoms with E-state index < -0.39 is 11.6 Å². The van der Waals surface area contributed by atoms with E-state index in [1.165, 1.54) is 51.4 Å². The third kappa shape index (κ3) is 8.43. The molecule has 1 nitrogen and oxygen atoms in total. The SMILES string of the molecule is CCCCCC1CCC(c2ccc(OCC3CCC(/C=C/C4C=CC(CCC)CC4)CC3)c(F)c2F)CC1. The molecule has 2 atom stereocenters. The Balaban J connectivity index is 1.19. The summed E-state index contributed by atoms with van der Waals surface area (Å²) >= 11 is 0. The van der Waals surface area contributed by atoms with Crippen molar-refractivity contribution in [2.45, 2.75) is 122 Å². The molecule has 1 aromatic carbocycles. The lowest BCUT2D eigenvalue weighted by molar-refractivity contribution is 0.187. The molecular formula is C35H52F2O. The average molecular weight is 527 g/mol. The van der Waals surface area contributed by atoms with Gasteiger partial charge in [-0.1, -0.05) is 76.3 Å². The highest BCUT2D eigenvalue weighted by Crippen LogP contribution is 2.40. The monoisotopic (exact) mass is 526 g/mol. The lowest BCUT2D eigenvalue weighted by Gasteiger charge is -2.29. The summed E-state index contributed by atoms with van der Waals surface area (Å²) in [6.07, 6.45) is 28.8. The average Bonchev–Trinajstić information content (AvgIpc) is 2.95. The van der Waals surface area contributed by atoms with E-state index >= 15 is 4.39 Å². The van der Waals surface area contributed by atoms with Crippen molar-refractivity contribution in [2.75, 3.05) is 6.61 Å². The first-order chi connectivity index (χ1) is 18.6. The van der Waals surface area contributed by atoms with E-state index in [0.29, 0.717) is 29.9 Å². The highest BCUT2D eigenvalue weighted by atomic mass is 19.2. The van der Waals surface area contributed by atoms with Crippen molar-refractivity contribution < 1.29 is 13.5 Å². The molecule has 0 amide bonds. The summed E-state index contributed by atoms with van der Waals surface area (Å²) in [7, 11) is 0. The largest absolute Gasteiger partial charge is 0.490 e. The van der Waals surface area contributed by atoms with Crippen molar-refractivity contribution in [3.63, 3.8) is 0 Å². The molecule has 38 heavy (non-hydrogen) atoms. The second-order valence-electron chi connectivity index (χ2n) is 12.6. The van der Waals surface area contributed by atoms with Gasteiger partial charge in [-0.05, 0) is 118 Å². The first-order valence-electron chi connectivity index (χ1n) is 16.0. The predicted octanol–water partition coefficient (Wildman–Crippen LogP) is 10.9. The maximum Gasteiger partial charge on any atom is 0.200 e. The van der Waals surface area contributed by atoms with Crippen molar-refractivity contribution in [3.05, 3.63) is 53.6 Å². The zero-order chi connectivity index (χ0) is 26.7. The van der Waals surface area contributed by atoms with Crippen LogP contribution in [0.5, 0.6) is 5.75 Å².